The third-order valence-electron chi connectivity index (χ3n) is 3.70. The lowest BCUT2D eigenvalue weighted by Gasteiger charge is -2.35. The summed E-state index contributed by atoms with van der Waals surface area (Å²) in [6.07, 6.45) is -7.20. The fourth-order valence-corrected chi connectivity index (χ4v) is 2.43. The molecule has 0 fully saturated rings. The SMILES string of the molecule is CC(=O)OC[C@@H](OC(C)=O)[C@@H](OC(C)=O)[C@H](OC(C)=O)[C@@H](OC(C)=O)C(=O)N(C)C(C)=O. The summed E-state index contributed by atoms with van der Waals surface area (Å²) >= 11 is 0. The molecule has 0 N–H and O–H groups in total. The summed E-state index contributed by atoms with van der Waals surface area (Å²) < 4.78 is 25.1. The van der Waals surface area contributed by atoms with E-state index in [1.165, 1.54) is 0 Å². The Hall–Kier alpha value is -3.51. The molecule has 0 aromatic carbocycles. The van der Waals surface area contributed by atoms with Crippen molar-refractivity contribution in [1.82, 2.24) is 4.90 Å². The minimum Gasteiger partial charge on any atom is -0.462 e. The van der Waals surface area contributed by atoms with Gasteiger partial charge in [-0.05, 0) is 0 Å². The van der Waals surface area contributed by atoms with Crippen LogP contribution in [-0.2, 0) is 57.2 Å². The molecule has 13 nitrogen and oxygen atoms in total. The Morgan fingerprint density at radius 3 is 1.44 bits per heavy atom. The van der Waals surface area contributed by atoms with Crippen LogP contribution >= 0.6 is 0 Å². The molecule has 0 aliphatic carbocycles. The molecule has 0 unspecified atom stereocenters. The van der Waals surface area contributed by atoms with Gasteiger partial charge in [-0.25, -0.2) is 0 Å². The second-order valence-corrected chi connectivity index (χ2v) is 6.54. The van der Waals surface area contributed by atoms with Gasteiger partial charge in [-0.3, -0.25) is 38.5 Å². The summed E-state index contributed by atoms with van der Waals surface area (Å²) in [4.78, 5) is 83.2. The molecule has 32 heavy (non-hydrogen) atoms. The first-order valence-electron chi connectivity index (χ1n) is 9.27. The highest BCUT2D eigenvalue weighted by Gasteiger charge is 2.48. The molecule has 2 amide bonds. The van der Waals surface area contributed by atoms with E-state index in [2.05, 4.69) is 0 Å². The highest BCUT2D eigenvalue weighted by molar-refractivity contribution is 5.97. The van der Waals surface area contributed by atoms with Gasteiger partial charge in [0.15, 0.2) is 18.3 Å². The van der Waals surface area contributed by atoms with Crippen LogP contribution in [0.4, 0.5) is 0 Å². The van der Waals surface area contributed by atoms with Crippen LogP contribution < -0.4 is 0 Å². The Bertz CT molecular complexity index is 761. The number of carbonyl (C=O) groups excluding carboxylic acids is 7. The zero-order valence-electron chi connectivity index (χ0n) is 18.9. The van der Waals surface area contributed by atoms with Crippen LogP contribution in [-0.4, -0.2) is 84.6 Å². The summed E-state index contributed by atoms with van der Waals surface area (Å²) in [5, 5.41) is 0. The van der Waals surface area contributed by atoms with Crippen LogP contribution in [0.25, 0.3) is 0 Å². The zero-order valence-corrected chi connectivity index (χ0v) is 18.9. The topological polar surface area (TPSA) is 169 Å². The first kappa shape index (κ1) is 28.5. The molecule has 180 valence electrons. The van der Waals surface area contributed by atoms with E-state index >= 15 is 0 Å². The van der Waals surface area contributed by atoms with Gasteiger partial charge in [0, 0.05) is 48.6 Å². The second-order valence-electron chi connectivity index (χ2n) is 6.54. The average molecular weight is 461 g/mol. The molecule has 13 heteroatoms. The molecule has 0 aromatic rings. The molecular weight excluding hydrogens is 434 g/mol. The number of nitrogens with zero attached hydrogens (tertiary/aromatic N) is 1. The molecular formula is C19H27NO12. The molecule has 0 bridgehead atoms. The summed E-state index contributed by atoms with van der Waals surface area (Å²) in [5.74, 6) is -6.48. The predicted octanol–water partition coefficient (Wildman–Crippen LogP) is -0.719. The predicted molar refractivity (Wildman–Crippen MR) is 102 cm³/mol. The zero-order chi connectivity index (χ0) is 25.2. The minimum absolute atomic E-state index is 0.585. The summed E-state index contributed by atoms with van der Waals surface area (Å²) in [6.45, 7) is 5.33. The van der Waals surface area contributed by atoms with Crippen molar-refractivity contribution in [2.24, 2.45) is 0 Å². The Labute approximate surface area is 184 Å². The fourth-order valence-electron chi connectivity index (χ4n) is 2.43. The Morgan fingerprint density at radius 1 is 0.625 bits per heavy atom. The van der Waals surface area contributed by atoms with Crippen LogP contribution in [0, 0.1) is 0 Å². The number of ether oxygens (including phenoxy) is 5. The Kier molecular flexibility index (Phi) is 11.6. The van der Waals surface area contributed by atoms with Crippen molar-refractivity contribution in [2.75, 3.05) is 13.7 Å². The highest BCUT2D eigenvalue weighted by Crippen LogP contribution is 2.21. The quantitative estimate of drug-likeness (QED) is 0.296. The van der Waals surface area contributed by atoms with E-state index in [1.54, 1.807) is 0 Å². The van der Waals surface area contributed by atoms with Gasteiger partial charge in [0.05, 0.1) is 0 Å². The molecule has 0 aromatic heterocycles. The summed E-state index contributed by atoms with van der Waals surface area (Å²) in [6, 6.07) is 0. The number of imide groups is 1. The van der Waals surface area contributed by atoms with E-state index in [4.69, 9.17) is 23.7 Å². The van der Waals surface area contributed by atoms with Gasteiger partial charge < -0.3 is 23.7 Å². The van der Waals surface area contributed by atoms with Crippen LogP contribution in [0.5, 0.6) is 0 Å². The number of hydrogen-bond acceptors (Lipinski definition) is 12. The highest BCUT2D eigenvalue weighted by atomic mass is 16.6. The molecule has 0 spiro atoms. The van der Waals surface area contributed by atoms with Crippen LogP contribution in [0.1, 0.15) is 41.5 Å². The van der Waals surface area contributed by atoms with Crippen LogP contribution in [0.2, 0.25) is 0 Å². The molecule has 0 aliphatic rings. The van der Waals surface area contributed by atoms with E-state index < -0.39 is 72.7 Å². The van der Waals surface area contributed by atoms with Crippen molar-refractivity contribution >= 4 is 41.7 Å². The third kappa shape index (κ3) is 10.00. The van der Waals surface area contributed by atoms with Crippen molar-refractivity contribution in [1.29, 1.82) is 0 Å². The van der Waals surface area contributed by atoms with Gasteiger partial charge in [-0.2, -0.15) is 0 Å². The van der Waals surface area contributed by atoms with Gasteiger partial charge >= 0.3 is 29.8 Å². The standard InChI is InChI=1S/C19H27NO12/c1-9(21)20(7)19(27)18(32-14(6)26)17(31-13(5)25)16(30-12(4)24)15(29-11(3)23)8-28-10(2)22/h15-18H,8H2,1-7H3/t15-,16-,17+,18-/m1/s1. The molecule has 4 atom stereocenters. The van der Waals surface area contributed by atoms with Gasteiger partial charge in [0.2, 0.25) is 12.0 Å². The molecule has 0 radical (unpaired) electrons. The molecule has 0 rings (SSSR count). The van der Waals surface area contributed by atoms with Crippen molar-refractivity contribution < 1.29 is 57.2 Å². The first-order chi connectivity index (χ1) is 14.7. The van der Waals surface area contributed by atoms with Crippen LogP contribution in [0.15, 0.2) is 0 Å². The normalized spacial score (nSPS) is 14.0. The van der Waals surface area contributed by atoms with E-state index in [0.717, 1.165) is 48.6 Å². The van der Waals surface area contributed by atoms with Crippen LogP contribution in [0.3, 0.4) is 0 Å². The average Bonchev–Trinajstić information content (AvgIpc) is 2.63. The largest absolute Gasteiger partial charge is 0.462 e. The lowest BCUT2D eigenvalue weighted by Crippen LogP contribution is -2.57. The fraction of sp³-hybridized carbons (Fsp3) is 0.632. The number of amides is 2. The Balaban J connectivity index is 6.59. The first-order valence-corrected chi connectivity index (χ1v) is 9.27. The van der Waals surface area contributed by atoms with E-state index in [1.807, 2.05) is 0 Å². The van der Waals surface area contributed by atoms with Crippen molar-refractivity contribution in [3.05, 3.63) is 0 Å². The number of hydrogen-bond donors (Lipinski definition) is 0. The van der Waals surface area contributed by atoms with Crippen molar-refractivity contribution in [3.8, 4) is 0 Å². The smallest absolute Gasteiger partial charge is 0.303 e. The van der Waals surface area contributed by atoms with Gasteiger partial charge in [0.1, 0.15) is 6.61 Å². The summed E-state index contributed by atoms with van der Waals surface area (Å²) in [5.41, 5.74) is 0. The summed E-state index contributed by atoms with van der Waals surface area (Å²) in [7, 11) is 1.08. The number of esters is 5. The molecule has 0 heterocycles. The van der Waals surface area contributed by atoms with E-state index in [-0.39, 0.29) is 0 Å². The Morgan fingerprint density at radius 2 is 1.06 bits per heavy atom. The van der Waals surface area contributed by atoms with Gasteiger partial charge in [-0.15, -0.1) is 0 Å². The van der Waals surface area contributed by atoms with E-state index in [0.29, 0.717) is 4.90 Å². The van der Waals surface area contributed by atoms with Gasteiger partial charge in [0.25, 0.3) is 5.91 Å². The number of rotatable bonds is 10. The van der Waals surface area contributed by atoms with Gasteiger partial charge in [-0.1, -0.05) is 0 Å². The second kappa shape index (κ2) is 13.0. The molecule has 0 aliphatic heterocycles. The third-order valence-corrected chi connectivity index (χ3v) is 3.70. The molecule has 0 saturated heterocycles. The van der Waals surface area contributed by atoms with Crippen molar-refractivity contribution in [3.63, 3.8) is 0 Å². The minimum atomic E-state index is -1.98. The maximum absolute atomic E-state index is 12.8. The number of carbonyl (C=O) groups is 7. The van der Waals surface area contributed by atoms with E-state index in [9.17, 15) is 33.6 Å². The molecule has 0 saturated carbocycles. The monoisotopic (exact) mass is 461 g/mol. The lowest BCUT2D eigenvalue weighted by atomic mass is 10.0. The lowest BCUT2D eigenvalue weighted by molar-refractivity contribution is -0.205. The maximum atomic E-state index is 12.8. The maximum Gasteiger partial charge on any atom is 0.303 e. The van der Waals surface area contributed by atoms with Crippen molar-refractivity contribution in [2.45, 2.75) is 66.0 Å². The number of likely N-dealkylation sites (N-methyl/N-ethyl adjacent to an activating group) is 1.